The van der Waals surface area contributed by atoms with Gasteiger partial charge in [0.15, 0.2) is 0 Å². The van der Waals surface area contributed by atoms with E-state index in [0.29, 0.717) is 0 Å². The molecule has 2 rings (SSSR count). The third-order valence-corrected chi connectivity index (χ3v) is 3.31. The molecule has 0 aromatic heterocycles. The molecule has 92 valence electrons. The zero-order chi connectivity index (χ0) is 13.0. The Balaban J connectivity index is 2.56. The summed E-state index contributed by atoms with van der Waals surface area (Å²) in [7, 11) is 0. The predicted octanol–water partition coefficient (Wildman–Crippen LogP) is 5.01. The Morgan fingerprint density at radius 3 is 2.39 bits per heavy atom. The number of allylic oxidation sites excluding steroid dienone is 1. The standard InChI is InChI=1S/C18H20/c1-4-15-12-11-14(3)13-18(15)17(5-2)16-9-7-6-8-10-16/h5-13H,4H2,1-3H3/b17-5+. The van der Waals surface area contributed by atoms with Crippen LogP contribution in [0.25, 0.3) is 5.57 Å². The minimum atomic E-state index is 1.07. The first kappa shape index (κ1) is 12.6. The summed E-state index contributed by atoms with van der Waals surface area (Å²) in [4.78, 5) is 0. The van der Waals surface area contributed by atoms with Crippen LogP contribution in [0.5, 0.6) is 0 Å². The second-order valence-corrected chi connectivity index (χ2v) is 4.58. The minimum Gasteiger partial charge on any atom is -0.0792 e. The van der Waals surface area contributed by atoms with Gasteiger partial charge in [-0.2, -0.15) is 0 Å². The van der Waals surface area contributed by atoms with E-state index in [9.17, 15) is 0 Å². The molecule has 0 fully saturated rings. The Morgan fingerprint density at radius 2 is 1.78 bits per heavy atom. The van der Waals surface area contributed by atoms with Gasteiger partial charge in [-0.1, -0.05) is 67.1 Å². The van der Waals surface area contributed by atoms with Crippen LogP contribution in [0.2, 0.25) is 0 Å². The van der Waals surface area contributed by atoms with Crippen LogP contribution in [0.3, 0.4) is 0 Å². The van der Waals surface area contributed by atoms with Crippen molar-refractivity contribution in [3.05, 3.63) is 76.9 Å². The summed E-state index contributed by atoms with van der Waals surface area (Å²) in [6, 6.07) is 17.3. The van der Waals surface area contributed by atoms with E-state index in [1.165, 1.54) is 27.8 Å². The number of rotatable bonds is 3. The van der Waals surface area contributed by atoms with E-state index in [-0.39, 0.29) is 0 Å². The SMILES string of the molecule is C/C=C(\c1ccccc1)c1cc(C)ccc1CC. The van der Waals surface area contributed by atoms with Crippen LogP contribution in [-0.4, -0.2) is 0 Å². The van der Waals surface area contributed by atoms with Crippen LogP contribution in [0, 0.1) is 6.92 Å². The van der Waals surface area contributed by atoms with Crippen LogP contribution < -0.4 is 0 Å². The van der Waals surface area contributed by atoms with Gasteiger partial charge >= 0.3 is 0 Å². The molecule has 2 aromatic carbocycles. The molecule has 0 amide bonds. The van der Waals surface area contributed by atoms with E-state index in [4.69, 9.17) is 0 Å². The van der Waals surface area contributed by atoms with Crippen molar-refractivity contribution in [1.82, 2.24) is 0 Å². The van der Waals surface area contributed by atoms with Crippen LogP contribution in [-0.2, 0) is 6.42 Å². The highest BCUT2D eigenvalue weighted by atomic mass is 14.1. The van der Waals surface area contributed by atoms with Crippen molar-refractivity contribution >= 4 is 5.57 Å². The van der Waals surface area contributed by atoms with Gasteiger partial charge in [0.25, 0.3) is 0 Å². The predicted molar refractivity (Wildman–Crippen MR) is 79.8 cm³/mol. The van der Waals surface area contributed by atoms with E-state index in [0.717, 1.165) is 6.42 Å². The molecular formula is C18H20. The van der Waals surface area contributed by atoms with Gasteiger partial charge in [0.1, 0.15) is 0 Å². The van der Waals surface area contributed by atoms with E-state index < -0.39 is 0 Å². The summed E-state index contributed by atoms with van der Waals surface area (Å²) in [6.07, 6.45) is 3.28. The van der Waals surface area contributed by atoms with Crippen molar-refractivity contribution < 1.29 is 0 Å². The molecule has 0 aliphatic heterocycles. The molecule has 0 heteroatoms. The van der Waals surface area contributed by atoms with Gasteiger partial charge in [0.2, 0.25) is 0 Å². The first-order chi connectivity index (χ1) is 8.76. The molecular weight excluding hydrogens is 216 g/mol. The fourth-order valence-electron chi connectivity index (χ4n) is 2.34. The molecule has 0 nitrogen and oxygen atoms in total. The molecule has 0 N–H and O–H groups in total. The summed E-state index contributed by atoms with van der Waals surface area (Å²) < 4.78 is 0. The smallest absolute Gasteiger partial charge is 0.0147 e. The van der Waals surface area contributed by atoms with E-state index in [1.54, 1.807) is 0 Å². The van der Waals surface area contributed by atoms with Gasteiger partial charge in [0.05, 0.1) is 0 Å². The summed E-state index contributed by atoms with van der Waals surface area (Å²) in [6.45, 7) is 6.48. The fourth-order valence-corrected chi connectivity index (χ4v) is 2.34. The highest BCUT2D eigenvalue weighted by Gasteiger charge is 2.08. The highest BCUT2D eigenvalue weighted by Crippen LogP contribution is 2.27. The molecule has 0 saturated heterocycles. The van der Waals surface area contributed by atoms with Crippen molar-refractivity contribution in [3.8, 4) is 0 Å². The Hall–Kier alpha value is -1.82. The number of hydrogen-bond donors (Lipinski definition) is 0. The van der Waals surface area contributed by atoms with Crippen LogP contribution in [0.4, 0.5) is 0 Å². The average molecular weight is 236 g/mol. The van der Waals surface area contributed by atoms with Crippen LogP contribution >= 0.6 is 0 Å². The number of hydrogen-bond acceptors (Lipinski definition) is 0. The molecule has 0 atom stereocenters. The second kappa shape index (κ2) is 5.68. The Bertz CT molecular complexity index is 548. The van der Waals surface area contributed by atoms with Crippen LogP contribution in [0.1, 0.15) is 36.1 Å². The largest absolute Gasteiger partial charge is 0.0792 e. The van der Waals surface area contributed by atoms with Crippen molar-refractivity contribution in [2.75, 3.05) is 0 Å². The second-order valence-electron chi connectivity index (χ2n) is 4.58. The Kier molecular flexibility index (Phi) is 3.99. The van der Waals surface area contributed by atoms with Gasteiger partial charge < -0.3 is 0 Å². The van der Waals surface area contributed by atoms with Crippen molar-refractivity contribution in [3.63, 3.8) is 0 Å². The van der Waals surface area contributed by atoms with Gasteiger partial charge in [-0.25, -0.2) is 0 Å². The van der Waals surface area contributed by atoms with Crippen LogP contribution in [0.15, 0.2) is 54.6 Å². The molecule has 0 saturated carbocycles. The molecule has 0 radical (unpaired) electrons. The van der Waals surface area contributed by atoms with Crippen molar-refractivity contribution in [2.24, 2.45) is 0 Å². The molecule has 18 heavy (non-hydrogen) atoms. The number of aryl methyl sites for hydroxylation is 2. The Morgan fingerprint density at radius 1 is 1.06 bits per heavy atom. The average Bonchev–Trinajstić information content (AvgIpc) is 2.41. The third kappa shape index (κ3) is 2.53. The summed E-state index contributed by atoms with van der Waals surface area (Å²) in [5.74, 6) is 0. The molecule has 0 unspecified atom stereocenters. The zero-order valence-corrected chi connectivity index (χ0v) is 11.4. The normalized spacial score (nSPS) is 11.6. The van der Waals surface area contributed by atoms with Crippen molar-refractivity contribution in [1.29, 1.82) is 0 Å². The molecule has 0 heterocycles. The van der Waals surface area contributed by atoms with E-state index >= 15 is 0 Å². The summed E-state index contributed by atoms with van der Waals surface area (Å²) in [5, 5.41) is 0. The topological polar surface area (TPSA) is 0 Å². The lowest BCUT2D eigenvalue weighted by Gasteiger charge is -2.13. The van der Waals surface area contributed by atoms with E-state index in [2.05, 4.69) is 75.4 Å². The number of benzene rings is 2. The Labute approximate surface area is 110 Å². The first-order valence-corrected chi connectivity index (χ1v) is 6.58. The molecule has 2 aromatic rings. The minimum absolute atomic E-state index is 1.07. The third-order valence-electron chi connectivity index (χ3n) is 3.31. The zero-order valence-electron chi connectivity index (χ0n) is 11.4. The fraction of sp³-hybridized carbons (Fsp3) is 0.222. The molecule has 0 spiro atoms. The summed E-state index contributed by atoms with van der Waals surface area (Å²) >= 11 is 0. The lowest BCUT2D eigenvalue weighted by molar-refractivity contribution is 1.12. The molecule has 0 aliphatic rings. The van der Waals surface area contributed by atoms with Gasteiger partial charge in [-0.05, 0) is 42.5 Å². The maximum atomic E-state index is 2.29. The maximum Gasteiger partial charge on any atom is -0.0147 e. The van der Waals surface area contributed by atoms with Gasteiger partial charge in [0, 0.05) is 0 Å². The molecule has 0 aliphatic carbocycles. The highest BCUT2D eigenvalue weighted by molar-refractivity contribution is 5.81. The maximum absolute atomic E-state index is 2.29. The van der Waals surface area contributed by atoms with Gasteiger partial charge in [-0.15, -0.1) is 0 Å². The van der Waals surface area contributed by atoms with Gasteiger partial charge in [-0.3, -0.25) is 0 Å². The first-order valence-electron chi connectivity index (χ1n) is 6.58. The quantitative estimate of drug-likeness (QED) is 0.702. The van der Waals surface area contributed by atoms with E-state index in [1.807, 2.05) is 0 Å². The summed E-state index contributed by atoms with van der Waals surface area (Å²) in [5.41, 5.74) is 6.72. The lowest BCUT2D eigenvalue weighted by atomic mass is 9.91. The van der Waals surface area contributed by atoms with Crippen molar-refractivity contribution in [2.45, 2.75) is 27.2 Å². The monoisotopic (exact) mass is 236 g/mol. The molecule has 0 bridgehead atoms. The lowest BCUT2D eigenvalue weighted by Crippen LogP contribution is -1.95.